The van der Waals surface area contributed by atoms with Gasteiger partial charge in [-0.05, 0) is 74.7 Å². The maximum atomic E-state index is 12.7. The number of methoxy groups -OCH3 is 1. The van der Waals surface area contributed by atoms with Gasteiger partial charge in [-0.1, -0.05) is 0 Å². The molecule has 12 heteroatoms. The third-order valence-electron chi connectivity index (χ3n) is 5.84. The molecule has 1 aliphatic heterocycles. The van der Waals surface area contributed by atoms with E-state index in [9.17, 15) is 27.9 Å². The SMILES string of the molecule is COc1ccc2c(O[C@@H]3C[C@@H](C(=O)O)N(C(=O)OC(C)(C)C)C3)nc(-c3ccc(OC(F)(F)F)cc3)cc2c1. The van der Waals surface area contributed by atoms with Crippen molar-refractivity contribution in [3.05, 3.63) is 48.5 Å². The van der Waals surface area contributed by atoms with Gasteiger partial charge < -0.3 is 24.1 Å². The van der Waals surface area contributed by atoms with Crippen molar-refractivity contribution in [2.24, 2.45) is 0 Å². The molecule has 0 spiro atoms. The molecule has 1 saturated heterocycles. The first-order valence-corrected chi connectivity index (χ1v) is 12.0. The van der Waals surface area contributed by atoms with E-state index in [2.05, 4.69) is 9.72 Å². The van der Waals surface area contributed by atoms with E-state index < -0.39 is 36.2 Å². The van der Waals surface area contributed by atoms with Crippen LogP contribution in [0.15, 0.2) is 48.5 Å². The molecular weight excluding hydrogens is 521 g/mol. The van der Waals surface area contributed by atoms with Crippen LogP contribution >= 0.6 is 0 Å². The van der Waals surface area contributed by atoms with Crippen molar-refractivity contribution >= 4 is 22.8 Å². The number of carboxylic acids is 1. The maximum absolute atomic E-state index is 12.7. The number of carbonyl (C=O) groups excluding carboxylic acids is 1. The second-order valence-corrected chi connectivity index (χ2v) is 9.93. The molecule has 9 nitrogen and oxygen atoms in total. The lowest BCUT2D eigenvalue weighted by Crippen LogP contribution is -2.43. The average molecular weight is 549 g/mol. The molecule has 0 bridgehead atoms. The summed E-state index contributed by atoms with van der Waals surface area (Å²) in [5.41, 5.74) is 0.0654. The number of hydrogen-bond acceptors (Lipinski definition) is 7. The predicted molar refractivity (Wildman–Crippen MR) is 134 cm³/mol. The van der Waals surface area contributed by atoms with Gasteiger partial charge in [0.15, 0.2) is 0 Å². The second kappa shape index (κ2) is 10.5. The largest absolute Gasteiger partial charge is 0.573 e. The molecule has 4 rings (SSSR count). The van der Waals surface area contributed by atoms with E-state index in [1.165, 1.54) is 31.4 Å². The Kier molecular flexibility index (Phi) is 7.49. The number of ether oxygens (including phenoxy) is 4. The van der Waals surface area contributed by atoms with Gasteiger partial charge in [0.25, 0.3) is 0 Å². The summed E-state index contributed by atoms with van der Waals surface area (Å²) in [5, 5.41) is 11.0. The number of carbonyl (C=O) groups is 2. The number of pyridine rings is 1. The molecule has 1 aliphatic rings. The van der Waals surface area contributed by atoms with Gasteiger partial charge in [-0.3, -0.25) is 4.90 Å². The van der Waals surface area contributed by atoms with Crippen molar-refractivity contribution in [2.45, 2.75) is 51.3 Å². The van der Waals surface area contributed by atoms with E-state index in [1.54, 1.807) is 45.0 Å². The second-order valence-electron chi connectivity index (χ2n) is 9.93. The van der Waals surface area contributed by atoms with Gasteiger partial charge >= 0.3 is 18.4 Å². The number of rotatable bonds is 6. The monoisotopic (exact) mass is 548 g/mol. The summed E-state index contributed by atoms with van der Waals surface area (Å²) < 4.78 is 58.5. The highest BCUT2D eigenvalue weighted by molar-refractivity contribution is 5.91. The van der Waals surface area contributed by atoms with Crippen LogP contribution in [0.25, 0.3) is 22.0 Å². The van der Waals surface area contributed by atoms with Crippen molar-refractivity contribution in [3.8, 4) is 28.6 Å². The number of fused-ring (bicyclic) bond motifs is 1. The van der Waals surface area contributed by atoms with Gasteiger partial charge in [0.05, 0.1) is 19.3 Å². The summed E-state index contributed by atoms with van der Waals surface area (Å²) >= 11 is 0. The Morgan fingerprint density at radius 2 is 1.69 bits per heavy atom. The summed E-state index contributed by atoms with van der Waals surface area (Å²) in [4.78, 5) is 30.3. The first-order valence-electron chi connectivity index (χ1n) is 12.0. The Balaban J connectivity index is 1.67. The highest BCUT2D eigenvalue weighted by Gasteiger charge is 2.43. The fraction of sp³-hybridized carbons (Fsp3) is 0.370. The molecule has 1 N–H and O–H groups in total. The molecule has 208 valence electrons. The summed E-state index contributed by atoms with van der Waals surface area (Å²) in [5.74, 6) is -0.842. The van der Waals surface area contributed by atoms with Crippen LogP contribution in [0.2, 0.25) is 0 Å². The molecule has 1 amide bonds. The van der Waals surface area contributed by atoms with E-state index >= 15 is 0 Å². The number of alkyl halides is 3. The van der Waals surface area contributed by atoms with Crippen LogP contribution in [-0.2, 0) is 9.53 Å². The van der Waals surface area contributed by atoms with Crippen LogP contribution in [-0.4, -0.2) is 64.8 Å². The molecule has 3 aromatic rings. The lowest BCUT2D eigenvalue weighted by atomic mass is 10.1. The number of aliphatic carboxylic acids is 1. The molecule has 1 aromatic heterocycles. The fourth-order valence-corrected chi connectivity index (χ4v) is 4.19. The zero-order valence-corrected chi connectivity index (χ0v) is 21.6. The van der Waals surface area contributed by atoms with E-state index in [-0.39, 0.29) is 24.6 Å². The van der Waals surface area contributed by atoms with Gasteiger partial charge in [-0.25, -0.2) is 14.6 Å². The Labute approximate surface area is 222 Å². The first kappa shape index (κ1) is 27.8. The minimum atomic E-state index is -4.82. The molecule has 0 saturated carbocycles. The van der Waals surface area contributed by atoms with Crippen molar-refractivity contribution in [3.63, 3.8) is 0 Å². The van der Waals surface area contributed by atoms with E-state index in [0.717, 1.165) is 4.90 Å². The van der Waals surface area contributed by atoms with Gasteiger partial charge in [0.1, 0.15) is 29.2 Å². The first-order chi connectivity index (χ1) is 18.2. The number of amides is 1. The number of carboxylic acid groups (broad SMARTS) is 1. The average Bonchev–Trinajstić information content (AvgIpc) is 3.26. The summed E-state index contributed by atoms with van der Waals surface area (Å²) in [6.07, 6.45) is -6.29. The van der Waals surface area contributed by atoms with Crippen LogP contribution in [0, 0.1) is 0 Å². The minimum Gasteiger partial charge on any atom is -0.497 e. The predicted octanol–water partition coefficient (Wildman–Crippen LogP) is 5.65. The smallest absolute Gasteiger partial charge is 0.497 e. The number of aromatic nitrogens is 1. The number of halogens is 3. The molecule has 1 fully saturated rings. The van der Waals surface area contributed by atoms with Crippen LogP contribution in [0.3, 0.4) is 0 Å². The number of hydrogen-bond donors (Lipinski definition) is 1. The zero-order valence-electron chi connectivity index (χ0n) is 21.6. The van der Waals surface area contributed by atoms with Gasteiger partial charge in [0.2, 0.25) is 5.88 Å². The molecule has 2 heterocycles. The van der Waals surface area contributed by atoms with Crippen LogP contribution in [0.4, 0.5) is 18.0 Å². The standard InChI is InChI=1S/C27H27F3N2O7/c1-26(2,3)39-25(35)32-14-19(13-22(32)24(33)34)37-23-20-10-9-18(36-4)11-16(20)12-21(31-23)15-5-7-17(8-6-15)38-27(28,29)30/h5-12,19,22H,13-14H2,1-4H3,(H,33,34)/t19-,22+/m1/s1. The molecule has 39 heavy (non-hydrogen) atoms. The zero-order chi connectivity index (χ0) is 28.5. The van der Waals surface area contributed by atoms with Crippen molar-refractivity contribution in [1.82, 2.24) is 9.88 Å². The van der Waals surface area contributed by atoms with Crippen LogP contribution in [0.1, 0.15) is 27.2 Å². The summed E-state index contributed by atoms with van der Waals surface area (Å²) in [6, 6.07) is 11.0. The fourth-order valence-electron chi connectivity index (χ4n) is 4.19. The topological polar surface area (TPSA) is 107 Å². The van der Waals surface area contributed by atoms with E-state index in [4.69, 9.17) is 14.2 Å². The molecule has 0 aliphatic carbocycles. The normalized spacial score (nSPS) is 17.7. The maximum Gasteiger partial charge on any atom is 0.573 e. The van der Waals surface area contributed by atoms with Gasteiger partial charge in [0, 0.05) is 17.4 Å². The van der Waals surface area contributed by atoms with Crippen molar-refractivity contribution in [1.29, 1.82) is 0 Å². The van der Waals surface area contributed by atoms with Gasteiger partial charge in [-0.2, -0.15) is 0 Å². The summed E-state index contributed by atoms with van der Waals surface area (Å²) in [6.45, 7) is 5.01. The molecule has 2 aromatic carbocycles. The van der Waals surface area contributed by atoms with E-state index in [1.807, 2.05) is 0 Å². The van der Waals surface area contributed by atoms with Crippen LogP contribution in [0.5, 0.6) is 17.4 Å². The highest BCUT2D eigenvalue weighted by atomic mass is 19.4. The third-order valence-corrected chi connectivity index (χ3v) is 5.84. The molecule has 0 radical (unpaired) electrons. The van der Waals surface area contributed by atoms with Crippen LogP contribution < -0.4 is 14.2 Å². The Morgan fingerprint density at radius 3 is 2.28 bits per heavy atom. The molecule has 0 unspecified atom stereocenters. The molecule has 2 atom stereocenters. The Bertz CT molecular complexity index is 1370. The van der Waals surface area contributed by atoms with E-state index in [0.29, 0.717) is 27.8 Å². The Morgan fingerprint density at radius 1 is 1.03 bits per heavy atom. The number of likely N-dealkylation sites (tertiary alicyclic amines) is 1. The molecular formula is C27H27F3N2O7. The van der Waals surface area contributed by atoms with Crippen molar-refractivity contribution in [2.75, 3.05) is 13.7 Å². The Hall–Kier alpha value is -4.22. The van der Waals surface area contributed by atoms with Crippen molar-refractivity contribution < 1.29 is 46.8 Å². The lowest BCUT2D eigenvalue weighted by molar-refractivity contribution is -0.274. The number of nitrogens with zero attached hydrogens (tertiary/aromatic N) is 2. The van der Waals surface area contributed by atoms with Gasteiger partial charge in [-0.15, -0.1) is 13.2 Å². The lowest BCUT2D eigenvalue weighted by Gasteiger charge is -2.26. The minimum absolute atomic E-state index is 0.00160. The number of benzene rings is 2. The highest BCUT2D eigenvalue weighted by Crippen LogP contribution is 2.35. The summed E-state index contributed by atoms with van der Waals surface area (Å²) in [7, 11) is 1.51. The quantitative estimate of drug-likeness (QED) is 0.421. The third kappa shape index (κ3) is 6.81.